The van der Waals surface area contributed by atoms with Gasteiger partial charge in [-0.2, -0.15) is 0 Å². The summed E-state index contributed by atoms with van der Waals surface area (Å²) in [6.45, 7) is 14.9. The summed E-state index contributed by atoms with van der Waals surface area (Å²) in [5.41, 5.74) is 0.0527. The molecule has 26 heavy (non-hydrogen) atoms. The molecule has 0 saturated carbocycles. The van der Waals surface area contributed by atoms with Gasteiger partial charge in [0.1, 0.15) is 12.2 Å². The third-order valence-corrected chi connectivity index (χ3v) is 23.1. The van der Waals surface area contributed by atoms with Crippen molar-refractivity contribution >= 4 is 15.4 Å². The van der Waals surface area contributed by atoms with Crippen molar-refractivity contribution in [3.05, 3.63) is 0 Å². The summed E-state index contributed by atoms with van der Waals surface area (Å²) >= 11 is 0. The van der Waals surface area contributed by atoms with E-state index in [1.54, 1.807) is 0 Å². The van der Waals surface area contributed by atoms with E-state index < -0.39 is 15.4 Å². The highest BCUT2D eigenvalue weighted by Gasteiger charge is 2.52. The van der Waals surface area contributed by atoms with Gasteiger partial charge in [0.05, 0.1) is 39.6 Å². The second-order valence-electron chi connectivity index (χ2n) is 9.45. The van der Waals surface area contributed by atoms with Gasteiger partial charge in [0.25, 0.3) is 0 Å². The molecule has 0 aliphatic carbocycles. The number of epoxide rings is 2. The van der Waals surface area contributed by atoms with Crippen molar-refractivity contribution in [1.29, 1.82) is 0 Å². The highest BCUT2D eigenvalue weighted by atomic mass is 29.3. The highest BCUT2D eigenvalue weighted by Crippen LogP contribution is 2.43. The predicted molar refractivity (Wildman–Crippen MR) is 108 cm³/mol. The second-order valence-corrected chi connectivity index (χ2v) is 24.6. The average molecular weight is 403 g/mol. The van der Waals surface area contributed by atoms with E-state index in [1.165, 1.54) is 12.5 Å². The molecule has 0 amide bonds. The Labute approximate surface area is 161 Å². The minimum absolute atomic E-state index is 0.0527. The van der Waals surface area contributed by atoms with Crippen molar-refractivity contribution < 1.29 is 23.4 Å². The van der Waals surface area contributed by atoms with Crippen LogP contribution in [0.4, 0.5) is 0 Å². The van der Waals surface area contributed by atoms with Crippen LogP contribution in [0.3, 0.4) is 0 Å². The van der Waals surface area contributed by atoms with E-state index in [9.17, 15) is 0 Å². The standard InChI is InChI=1S/C19H38O5Si2/c1-25(2)12-9-19(24-26(25,3)4,7-5-10-20-13-17-15-22-17)8-6-11-21-14-18-16-23-18/h17-18H,5-16H2,1-4H3. The van der Waals surface area contributed by atoms with Gasteiger partial charge < -0.3 is 23.4 Å². The van der Waals surface area contributed by atoms with Crippen LogP contribution in [0, 0.1) is 0 Å². The van der Waals surface area contributed by atoms with Crippen molar-refractivity contribution in [2.75, 3.05) is 39.6 Å². The highest BCUT2D eigenvalue weighted by molar-refractivity contribution is 7.38. The van der Waals surface area contributed by atoms with Crippen molar-refractivity contribution in [2.24, 2.45) is 0 Å². The monoisotopic (exact) mass is 402 g/mol. The number of hydrogen-bond donors (Lipinski definition) is 0. The summed E-state index contributed by atoms with van der Waals surface area (Å²) in [7, 11) is -2.80. The Hall–Kier alpha value is 0.234. The van der Waals surface area contributed by atoms with Crippen molar-refractivity contribution in [1.82, 2.24) is 0 Å². The normalized spacial score (nSPS) is 34.6. The molecule has 3 aliphatic heterocycles. The van der Waals surface area contributed by atoms with Gasteiger partial charge in [-0.15, -0.1) is 0 Å². The summed E-state index contributed by atoms with van der Waals surface area (Å²) in [4.78, 5) is 0. The molecular formula is C19H38O5Si2. The van der Waals surface area contributed by atoms with Crippen LogP contribution in [-0.2, 0) is 23.4 Å². The van der Waals surface area contributed by atoms with E-state index in [4.69, 9.17) is 23.4 Å². The zero-order valence-corrected chi connectivity index (χ0v) is 19.2. The van der Waals surface area contributed by atoms with Crippen LogP contribution >= 0.6 is 0 Å². The Balaban J connectivity index is 1.45. The number of rotatable bonds is 12. The molecule has 7 heteroatoms. The quantitative estimate of drug-likeness (QED) is 0.284. The molecule has 0 aromatic heterocycles. The first-order valence-electron chi connectivity index (χ1n) is 10.4. The van der Waals surface area contributed by atoms with E-state index in [1.807, 2.05) is 0 Å². The molecule has 3 heterocycles. The van der Waals surface area contributed by atoms with Gasteiger partial charge in [-0.25, -0.2) is 0 Å². The number of ether oxygens (including phenoxy) is 4. The Morgan fingerprint density at radius 3 is 1.81 bits per heavy atom. The fourth-order valence-corrected chi connectivity index (χ4v) is 10.8. The maximum absolute atomic E-state index is 7.00. The first-order valence-corrected chi connectivity index (χ1v) is 17.5. The summed E-state index contributed by atoms with van der Waals surface area (Å²) < 4.78 is 28.9. The molecule has 0 N–H and O–H groups in total. The average Bonchev–Trinajstić information content (AvgIpc) is 3.45. The summed E-state index contributed by atoms with van der Waals surface area (Å²) in [6.07, 6.45) is 6.34. The zero-order valence-electron chi connectivity index (χ0n) is 17.2. The van der Waals surface area contributed by atoms with Gasteiger partial charge in [-0.3, -0.25) is 0 Å². The van der Waals surface area contributed by atoms with E-state index in [0.29, 0.717) is 12.2 Å². The molecule has 0 radical (unpaired) electrons. The zero-order chi connectivity index (χ0) is 18.7. The van der Waals surface area contributed by atoms with Gasteiger partial charge >= 0.3 is 0 Å². The van der Waals surface area contributed by atoms with Gasteiger partial charge in [0.15, 0.2) is 7.83 Å². The van der Waals surface area contributed by atoms with Crippen LogP contribution in [0.25, 0.3) is 0 Å². The third kappa shape index (κ3) is 6.12. The largest absolute Gasteiger partial charge is 0.415 e. The van der Waals surface area contributed by atoms with Gasteiger partial charge in [-0.1, -0.05) is 19.1 Å². The molecule has 152 valence electrons. The maximum Gasteiger partial charge on any atom is 0.174 e. The minimum atomic E-state index is -1.59. The van der Waals surface area contributed by atoms with Crippen LogP contribution in [0.5, 0.6) is 0 Å². The van der Waals surface area contributed by atoms with E-state index in [-0.39, 0.29) is 5.60 Å². The lowest BCUT2D eigenvalue weighted by molar-refractivity contribution is 0.0108. The third-order valence-electron chi connectivity index (χ3n) is 6.56. The molecule has 2 atom stereocenters. The number of hydrogen-bond acceptors (Lipinski definition) is 5. The molecule has 3 saturated heterocycles. The predicted octanol–water partition coefficient (Wildman–Crippen LogP) is 3.53. The molecule has 0 bridgehead atoms. The molecule has 3 rings (SSSR count). The lowest BCUT2D eigenvalue weighted by atomic mass is 9.89. The maximum atomic E-state index is 7.00. The molecule has 3 fully saturated rings. The topological polar surface area (TPSA) is 52.8 Å². The lowest BCUT2D eigenvalue weighted by Gasteiger charge is -2.52. The molecule has 0 aromatic carbocycles. The molecule has 2 unspecified atom stereocenters. The Morgan fingerprint density at radius 2 is 1.38 bits per heavy atom. The van der Waals surface area contributed by atoms with Gasteiger partial charge in [0, 0.05) is 13.2 Å². The van der Waals surface area contributed by atoms with Crippen molar-refractivity contribution in [2.45, 2.75) is 82.1 Å². The van der Waals surface area contributed by atoms with E-state index in [2.05, 4.69) is 26.2 Å². The first kappa shape index (κ1) is 21.0. The minimum Gasteiger partial charge on any atom is -0.415 e. The molecule has 3 aliphatic rings. The van der Waals surface area contributed by atoms with E-state index >= 15 is 0 Å². The van der Waals surface area contributed by atoms with Crippen LogP contribution in [0.1, 0.15) is 32.1 Å². The molecule has 5 nitrogen and oxygen atoms in total. The smallest absolute Gasteiger partial charge is 0.174 e. The van der Waals surface area contributed by atoms with Crippen LogP contribution in [-0.4, -0.2) is 72.9 Å². The Kier molecular flexibility index (Phi) is 7.02. The summed E-state index contributed by atoms with van der Waals surface area (Å²) in [5.74, 6) is 0. The molecule has 0 aromatic rings. The van der Waals surface area contributed by atoms with Crippen LogP contribution in [0.2, 0.25) is 32.2 Å². The van der Waals surface area contributed by atoms with Crippen LogP contribution < -0.4 is 0 Å². The van der Waals surface area contributed by atoms with Gasteiger partial charge in [0.2, 0.25) is 0 Å². The Morgan fingerprint density at radius 1 is 0.885 bits per heavy atom. The summed E-state index contributed by atoms with van der Waals surface area (Å²) in [5, 5.41) is 0. The first-order chi connectivity index (χ1) is 12.3. The molecule has 0 spiro atoms. The Bertz CT molecular complexity index is 427. The fourth-order valence-electron chi connectivity index (χ4n) is 3.80. The summed E-state index contributed by atoms with van der Waals surface area (Å²) in [6, 6.07) is 1.40. The van der Waals surface area contributed by atoms with Crippen LogP contribution in [0.15, 0.2) is 0 Å². The van der Waals surface area contributed by atoms with E-state index in [0.717, 1.165) is 65.3 Å². The van der Waals surface area contributed by atoms with Gasteiger partial charge in [-0.05, 0) is 45.2 Å². The fraction of sp³-hybridized carbons (Fsp3) is 1.00. The van der Waals surface area contributed by atoms with Crippen molar-refractivity contribution in [3.8, 4) is 0 Å². The second kappa shape index (κ2) is 8.72. The SMILES string of the molecule is C[Si]1(C)CCC(CCCOCC2CO2)(CCCOCC2CO2)O[Si]1(C)C. The molecular weight excluding hydrogens is 364 g/mol. The lowest BCUT2D eigenvalue weighted by Crippen LogP contribution is -2.65. The van der Waals surface area contributed by atoms with Crippen molar-refractivity contribution in [3.63, 3.8) is 0 Å².